The second kappa shape index (κ2) is 7.09. The Morgan fingerprint density at radius 1 is 1.37 bits per heavy atom. The monoisotopic (exact) mass is 282 g/mol. The quantitative estimate of drug-likeness (QED) is 0.832. The average Bonchev–Trinajstić information content (AvgIpc) is 2.36. The van der Waals surface area contributed by atoms with Gasteiger partial charge >= 0.3 is 6.18 Å². The number of likely N-dealkylation sites (N-methyl/N-ethyl adjacent to an activating group) is 1. The van der Waals surface area contributed by atoms with E-state index in [4.69, 9.17) is 5.73 Å². The average molecular weight is 282 g/mol. The number of hydrogen-bond acceptors (Lipinski definition) is 3. The van der Waals surface area contributed by atoms with Gasteiger partial charge in [0.05, 0.1) is 0 Å². The number of carbonyl (C=O) groups excluding carboxylic acids is 1. The summed E-state index contributed by atoms with van der Waals surface area (Å²) in [6, 6.07) is 0.0146. The van der Waals surface area contributed by atoms with Crippen molar-refractivity contribution in [2.24, 2.45) is 11.7 Å². The predicted octanol–water partition coefficient (Wildman–Crippen LogP) is 1.54. The molecule has 0 bridgehead atoms. The second-order valence-corrected chi connectivity index (χ2v) is 4.96. The first-order valence-corrected chi connectivity index (χ1v) is 6.45. The maximum absolute atomic E-state index is 11.9. The third-order valence-electron chi connectivity index (χ3n) is 3.55. The van der Waals surface area contributed by atoms with Gasteiger partial charge in [-0.25, -0.2) is 0 Å². The van der Waals surface area contributed by atoms with E-state index in [1.165, 1.54) is 4.90 Å². The number of alkyl halides is 3. The minimum absolute atomic E-state index is 0.0146. The first-order chi connectivity index (χ1) is 8.85. The highest BCUT2D eigenvalue weighted by atomic mass is 19.4. The van der Waals surface area contributed by atoms with Crippen molar-refractivity contribution in [3.05, 3.63) is 0 Å². The Kier molecular flexibility index (Phi) is 6.06. The van der Waals surface area contributed by atoms with Gasteiger partial charge in [0.1, 0.15) is 13.2 Å². The number of ether oxygens (including phenoxy) is 1. The first-order valence-electron chi connectivity index (χ1n) is 6.45. The van der Waals surface area contributed by atoms with Crippen molar-refractivity contribution in [3.8, 4) is 0 Å². The van der Waals surface area contributed by atoms with Crippen LogP contribution in [0, 0.1) is 5.92 Å². The normalized spacial score (nSPS) is 24.3. The lowest BCUT2D eigenvalue weighted by molar-refractivity contribution is -0.178. The molecule has 0 radical (unpaired) electrons. The predicted molar refractivity (Wildman–Crippen MR) is 64.4 cm³/mol. The standard InChI is InChI=1S/C12H21F3N2O2/c1-17(10-5-3-2-4-9(10)6-16)11(18)7-19-8-12(13,14)15/h9-10H,2-8,16H2,1H3. The number of halogens is 3. The molecule has 2 N–H and O–H groups in total. The summed E-state index contributed by atoms with van der Waals surface area (Å²) in [7, 11) is 1.61. The smallest absolute Gasteiger partial charge is 0.362 e. The van der Waals surface area contributed by atoms with E-state index in [0.717, 1.165) is 25.7 Å². The van der Waals surface area contributed by atoms with Crippen LogP contribution in [0.15, 0.2) is 0 Å². The fraction of sp³-hybridized carbons (Fsp3) is 0.917. The van der Waals surface area contributed by atoms with Crippen molar-refractivity contribution < 1.29 is 22.7 Å². The number of carbonyl (C=O) groups is 1. The summed E-state index contributed by atoms with van der Waals surface area (Å²) in [5, 5.41) is 0. The first kappa shape index (κ1) is 16.2. The fourth-order valence-electron chi connectivity index (χ4n) is 2.51. The van der Waals surface area contributed by atoms with E-state index >= 15 is 0 Å². The number of nitrogens with zero attached hydrogens (tertiary/aromatic N) is 1. The van der Waals surface area contributed by atoms with Crippen LogP contribution in [0.2, 0.25) is 0 Å². The molecule has 2 unspecified atom stereocenters. The zero-order valence-electron chi connectivity index (χ0n) is 11.1. The van der Waals surface area contributed by atoms with Gasteiger partial charge in [0.25, 0.3) is 0 Å². The number of nitrogens with two attached hydrogens (primary N) is 1. The lowest BCUT2D eigenvalue weighted by Crippen LogP contribution is -2.47. The molecule has 0 spiro atoms. The minimum atomic E-state index is -4.40. The highest BCUT2D eigenvalue weighted by Crippen LogP contribution is 2.27. The van der Waals surface area contributed by atoms with Gasteiger partial charge in [-0.3, -0.25) is 4.79 Å². The van der Waals surface area contributed by atoms with Gasteiger partial charge in [0.15, 0.2) is 0 Å². The van der Waals surface area contributed by atoms with Gasteiger partial charge in [0.2, 0.25) is 5.91 Å². The van der Waals surface area contributed by atoms with Crippen molar-refractivity contribution in [1.82, 2.24) is 4.90 Å². The van der Waals surface area contributed by atoms with Crippen LogP contribution < -0.4 is 5.73 Å². The zero-order chi connectivity index (χ0) is 14.5. The highest BCUT2D eigenvalue weighted by molar-refractivity contribution is 5.77. The number of rotatable bonds is 5. The lowest BCUT2D eigenvalue weighted by atomic mass is 9.83. The molecule has 112 valence electrons. The molecule has 1 amide bonds. The molecule has 2 atom stereocenters. The molecule has 0 aromatic carbocycles. The highest BCUT2D eigenvalue weighted by Gasteiger charge is 2.31. The minimum Gasteiger partial charge on any atom is -0.362 e. The Morgan fingerprint density at radius 3 is 2.58 bits per heavy atom. The molecule has 7 heteroatoms. The largest absolute Gasteiger partial charge is 0.411 e. The van der Waals surface area contributed by atoms with Gasteiger partial charge in [-0.2, -0.15) is 13.2 Å². The summed E-state index contributed by atoms with van der Waals surface area (Å²) in [5.74, 6) is -0.195. The van der Waals surface area contributed by atoms with Gasteiger partial charge < -0.3 is 15.4 Å². The molecule has 4 nitrogen and oxygen atoms in total. The number of hydrogen-bond donors (Lipinski definition) is 1. The van der Waals surface area contributed by atoms with Crippen LogP contribution in [0.4, 0.5) is 13.2 Å². The molecule has 0 aliphatic heterocycles. The van der Waals surface area contributed by atoms with Gasteiger partial charge in [0, 0.05) is 13.1 Å². The Bertz CT molecular complexity index is 297. The third kappa shape index (κ3) is 5.36. The molecule has 1 fully saturated rings. The SMILES string of the molecule is CN(C(=O)COCC(F)(F)F)C1CCCCC1CN. The van der Waals surface area contributed by atoms with E-state index in [1.807, 2.05) is 0 Å². The maximum Gasteiger partial charge on any atom is 0.411 e. The molecular weight excluding hydrogens is 261 g/mol. The van der Waals surface area contributed by atoms with E-state index in [1.54, 1.807) is 7.05 Å². The van der Waals surface area contributed by atoms with E-state index in [0.29, 0.717) is 6.54 Å². The molecule has 1 aliphatic rings. The van der Waals surface area contributed by atoms with Crippen molar-refractivity contribution in [2.75, 3.05) is 26.8 Å². The van der Waals surface area contributed by atoms with Crippen LogP contribution in [0.3, 0.4) is 0 Å². The molecule has 0 heterocycles. The Balaban J connectivity index is 2.42. The van der Waals surface area contributed by atoms with Crippen molar-refractivity contribution >= 4 is 5.91 Å². The molecular formula is C12H21F3N2O2. The Labute approximate surface area is 111 Å². The van der Waals surface area contributed by atoms with Gasteiger partial charge in [-0.05, 0) is 25.3 Å². The lowest BCUT2D eigenvalue weighted by Gasteiger charge is -2.37. The second-order valence-electron chi connectivity index (χ2n) is 4.96. The molecule has 0 saturated heterocycles. The zero-order valence-corrected chi connectivity index (χ0v) is 11.1. The summed E-state index contributed by atoms with van der Waals surface area (Å²) in [6.45, 7) is -1.44. The van der Waals surface area contributed by atoms with Gasteiger partial charge in [-0.15, -0.1) is 0 Å². The molecule has 1 saturated carbocycles. The van der Waals surface area contributed by atoms with Crippen LogP contribution in [-0.2, 0) is 9.53 Å². The van der Waals surface area contributed by atoms with Crippen molar-refractivity contribution in [2.45, 2.75) is 37.9 Å². The van der Waals surface area contributed by atoms with Gasteiger partial charge in [-0.1, -0.05) is 12.8 Å². The third-order valence-corrected chi connectivity index (χ3v) is 3.55. The van der Waals surface area contributed by atoms with Crippen LogP contribution in [0.5, 0.6) is 0 Å². The van der Waals surface area contributed by atoms with E-state index < -0.39 is 25.3 Å². The van der Waals surface area contributed by atoms with Crippen molar-refractivity contribution in [1.29, 1.82) is 0 Å². The van der Waals surface area contributed by atoms with Crippen LogP contribution in [0.1, 0.15) is 25.7 Å². The number of amides is 1. The molecule has 19 heavy (non-hydrogen) atoms. The maximum atomic E-state index is 11.9. The van der Waals surface area contributed by atoms with Crippen molar-refractivity contribution in [3.63, 3.8) is 0 Å². The topological polar surface area (TPSA) is 55.6 Å². The summed E-state index contributed by atoms with van der Waals surface area (Å²) in [5.41, 5.74) is 5.67. The van der Waals surface area contributed by atoms with E-state index in [-0.39, 0.29) is 12.0 Å². The Morgan fingerprint density at radius 2 is 2.00 bits per heavy atom. The van der Waals surface area contributed by atoms with Crippen LogP contribution >= 0.6 is 0 Å². The summed E-state index contributed by atoms with van der Waals surface area (Å²) < 4.78 is 40.1. The molecule has 0 aromatic rings. The van der Waals surface area contributed by atoms with E-state index in [9.17, 15) is 18.0 Å². The Hall–Kier alpha value is -0.820. The molecule has 1 rings (SSSR count). The van der Waals surface area contributed by atoms with Crippen LogP contribution in [0.25, 0.3) is 0 Å². The summed E-state index contributed by atoms with van der Waals surface area (Å²) >= 11 is 0. The molecule has 0 aromatic heterocycles. The van der Waals surface area contributed by atoms with E-state index in [2.05, 4.69) is 4.74 Å². The molecule has 1 aliphatic carbocycles. The fourth-order valence-corrected chi connectivity index (χ4v) is 2.51. The van der Waals surface area contributed by atoms with Crippen LogP contribution in [-0.4, -0.2) is 49.8 Å². The summed E-state index contributed by atoms with van der Waals surface area (Å²) in [4.78, 5) is 13.3. The summed E-state index contributed by atoms with van der Waals surface area (Å²) in [6.07, 6.45) is -0.484.